The number of hydrogen-bond acceptors (Lipinski definition) is 6. The van der Waals surface area contributed by atoms with E-state index in [1.807, 2.05) is 24.3 Å². The van der Waals surface area contributed by atoms with Crippen molar-refractivity contribution in [3.05, 3.63) is 69.3 Å². The van der Waals surface area contributed by atoms with Gasteiger partial charge in [-0.1, -0.05) is 18.2 Å². The number of nitrogens with one attached hydrogen (secondary N) is 1. The Hall–Kier alpha value is -3.42. The third kappa shape index (κ3) is 4.56. The molecule has 2 aromatic rings. The van der Waals surface area contributed by atoms with E-state index in [2.05, 4.69) is 10.1 Å². The molecule has 0 aliphatic carbocycles. The molecule has 0 fully saturated rings. The summed E-state index contributed by atoms with van der Waals surface area (Å²) in [4.78, 5) is 34.3. The molecule has 0 heterocycles. The molecule has 0 aliphatic rings. The number of hydrogen-bond donors (Lipinski definition) is 1. The number of amides is 1. The summed E-state index contributed by atoms with van der Waals surface area (Å²) in [5.41, 5.74) is 0.517. The summed E-state index contributed by atoms with van der Waals surface area (Å²) in [5, 5.41) is 13.7. The zero-order valence-corrected chi connectivity index (χ0v) is 14.4. The number of rotatable bonds is 7. The fourth-order valence-corrected chi connectivity index (χ4v) is 2.41. The van der Waals surface area contributed by atoms with Gasteiger partial charge in [0.05, 0.1) is 24.7 Å². The molecule has 0 atom stereocenters. The van der Waals surface area contributed by atoms with Crippen molar-refractivity contribution >= 4 is 17.6 Å². The van der Waals surface area contributed by atoms with E-state index < -0.39 is 16.8 Å². The predicted molar refractivity (Wildman–Crippen MR) is 93.5 cm³/mol. The van der Waals surface area contributed by atoms with Gasteiger partial charge >= 0.3 is 5.97 Å². The van der Waals surface area contributed by atoms with Gasteiger partial charge in [0.25, 0.3) is 11.6 Å². The zero-order valence-electron chi connectivity index (χ0n) is 14.4. The van der Waals surface area contributed by atoms with Gasteiger partial charge in [0.15, 0.2) is 0 Å². The molecule has 8 nitrogen and oxygen atoms in total. The number of para-hydroxylation sites is 1. The lowest BCUT2D eigenvalue weighted by molar-refractivity contribution is -0.384. The van der Waals surface area contributed by atoms with Crippen LogP contribution in [0.4, 0.5) is 5.69 Å². The predicted octanol–water partition coefficient (Wildman–Crippen LogP) is 2.36. The Balaban J connectivity index is 2.12. The fourth-order valence-electron chi connectivity index (χ4n) is 2.41. The van der Waals surface area contributed by atoms with Gasteiger partial charge in [-0.15, -0.1) is 0 Å². The lowest BCUT2D eigenvalue weighted by Gasteiger charge is -2.09. The molecule has 8 heteroatoms. The highest BCUT2D eigenvalue weighted by Crippen LogP contribution is 2.19. The SMILES string of the molecule is COC(=O)c1cc(C(=O)NCCc2ccccc2OC)cc([N+](=O)[O-])c1. The number of non-ortho nitro benzene ring substituents is 1. The number of nitro groups is 1. The Morgan fingerprint density at radius 2 is 1.81 bits per heavy atom. The van der Waals surface area contributed by atoms with E-state index in [4.69, 9.17) is 4.74 Å². The minimum absolute atomic E-state index is 0.0135. The van der Waals surface area contributed by atoms with Crippen molar-refractivity contribution in [1.29, 1.82) is 0 Å². The maximum Gasteiger partial charge on any atom is 0.338 e. The van der Waals surface area contributed by atoms with Crippen LogP contribution in [0.2, 0.25) is 0 Å². The largest absolute Gasteiger partial charge is 0.496 e. The smallest absolute Gasteiger partial charge is 0.338 e. The van der Waals surface area contributed by atoms with E-state index in [0.717, 1.165) is 24.8 Å². The molecule has 26 heavy (non-hydrogen) atoms. The van der Waals surface area contributed by atoms with Crippen LogP contribution >= 0.6 is 0 Å². The number of nitrogens with zero attached hydrogens (tertiary/aromatic N) is 1. The summed E-state index contributed by atoms with van der Waals surface area (Å²) in [7, 11) is 2.73. The average Bonchev–Trinajstić information content (AvgIpc) is 2.67. The van der Waals surface area contributed by atoms with Gasteiger partial charge in [0.1, 0.15) is 5.75 Å². The van der Waals surface area contributed by atoms with Gasteiger partial charge in [-0.05, 0) is 24.1 Å². The van der Waals surface area contributed by atoms with Gasteiger partial charge < -0.3 is 14.8 Å². The maximum absolute atomic E-state index is 12.3. The average molecular weight is 358 g/mol. The molecule has 0 unspecified atom stereocenters. The molecule has 0 saturated carbocycles. The number of methoxy groups -OCH3 is 2. The van der Waals surface area contributed by atoms with Crippen LogP contribution < -0.4 is 10.1 Å². The molecule has 136 valence electrons. The molecule has 0 spiro atoms. The molecule has 0 aromatic heterocycles. The van der Waals surface area contributed by atoms with Crippen molar-refractivity contribution in [1.82, 2.24) is 5.32 Å². The first-order valence-corrected chi connectivity index (χ1v) is 7.74. The van der Waals surface area contributed by atoms with Gasteiger partial charge in [0.2, 0.25) is 0 Å². The fraction of sp³-hybridized carbons (Fsp3) is 0.222. The molecule has 2 aromatic carbocycles. The Bertz CT molecular complexity index is 834. The molecule has 0 radical (unpaired) electrons. The van der Waals surface area contributed by atoms with Crippen molar-refractivity contribution in [2.24, 2.45) is 0 Å². The van der Waals surface area contributed by atoms with Crippen LogP contribution in [0.5, 0.6) is 5.75 Å². The summed E-state index contributed by atoms with van der Waals surface area (Å²) in [6.45, 7) is 0.301. The molecule has 1 amide bonds. The molecule has 0 saturated heterocycles. The number of benzene rings is 2. The van der Waals surface area contributed by atoms with Crippen LogP contribution in [-0.4, -0.2) is 37.6 Å². The van der Waals surface area contributed by atoms with Gasteiger partial charge in [-0.3, -0.25) is 14.9 Å². The third-order valence-electron chi connectivity index (χ3n) is 3.68. The lowest BCUT2D eigenvalue weighted by Crippen LogP contribution is -2.26. The Kier molecular flexibility index (Phi) is 6.26. The van der Waals surface area contributed by atoms with E-state index in [0.29, 0.717) is 18.7 Å². The number of carbonyl (C=O) groups excluding carboxylic acids is 2. The Morgan fingerprint density at radius 1 is 1.12 bits per heavy atom. The summed E-state index contributed by atoms with van der Waals surface area (Å²) < 4.78 is 9.81. The Labute approximate surface area is 149 Å². The number of carbonyl (C=O) groups is 2. The molecular weight excluding hydrogens is 340 g/mol. The van der Waals surface area contributed by atoms with Gasteiger partial charge in [0, 0.05) is 24.2 Å². The first-order valence-electron chi connectivity index (χ1n) is 7.74. The molecular formula is C18H18N2O6. The maximum atomic E-state index is 12.3. The summed E-state index contributed by atoms with van der Waals surface area (Å²) in [5.74, 6) is -0.560. The second-order valence-electron chi connectivity index (χ2n) is 5.34. The highest BCUT2D eigenvalue weighted by atomic mass is 16.6. The lowest BCUT2D eigenvalue weighted by atomic mass is 10.1. The van der Waals surface area contributed by atoms with Crippen molar-refractivity contribution in [3.63, 3.8) is 0 Å². The van der Waals surface area contributed by atoms with Crippen LogP contribution in [-0.2, 0) is 11.2 Å². The van der Waals surface area contributed by atoms with E-state index >= 15 is 0 Å². The van der Waals surface area contributed by atoms with Gasteiger partial charge in [-0.2, -0.15) is 0 Å². The normalized spacial score (nSPS) is 10.1. The minimum Gasteiger partial charge on any atom is -0.496 e. The Morgan fingerprint density at radius 3 is 2.46 bits per heavy atom. The summed E-state index contributed by atoms with van der Waals surface area (Å²) >= 11 is 0. The summed E-state index contributed by atoms with van der Waals surface area (Å²) in [6, 6.07) is 10.9. The van der Waals surface area contributed by atoms with Gasteiger partial charge in [-0.25, -0.2) is 4.79 Å². The van der Waals surface area contributed by atoms with E-state index in [1.165, 1.54) is 6.07 Å². The topological polar surface area (TPSA) is 108 Å². The van der Waals surface area contributed by atoms with E-state index in [-0.39, 0.29) is 16.8 Å². The third-order valence-corrected chi connectivity index (χ3v) is 3.68. The number of nitro benzene ring substituents is 1. The summed E-state index contributed by atoms with van der Waals surface area (Å²) in [6.07, 6.45) is 0.522. The highest BCUT2D eigenvalue weighted by molar-refractivity contribution is 5.98. The molecule has 2 rings (SSSR count). The molecule has 0 aliphatic heterocycles. The monoisotopic (exact) mass is 358 g/mol. The number of ether oxygens (including phenoxy) is 2. The van der Waals surface area contributed by atoms with Crippen LogP contribution in [0.15, 0.2) is 42.5 Å². The second-order valence-corrected chi connectivity index (χ2v) is 5.34. The van der Waals surface area contributed by atoms with E-state index in [1.54, 1.807) is 7.11 Å². The molecule has 0 bridgehead atoms. The van der Waals surface area contributed by atoms with Crippen molar-refractivity contribution in [3.8, 4) is 5.75 Å². The zero-order chi connectivity index (χ0) is 19.1. The number of esters is 1. The van der Waals surface area contributed by atoms with Crippen LogP contribution in [0, 0.1) is 10.1 Å². The quantitative estimate of drug-likeness (QED) is 0.462. The first-order chi connectivity index (χ1) is 12.5. The van der Waals surface area contributed by atoms with Crippen molar-refractivity contribution in [2.45, 2.75) is 6.42 Å². The van der Waals surface area contributed by atoms with Crippen LogP contribution in [0.1, 0.15) is 26.3 Å². The van der Waals surface area contributed by atoms with Crippen LogP contribution in [0.25, 0.3) is 0 Å². The second kappa shape index (κ2) is 8.61. The first kappa shape index (κ1) is 18.9. The highest BCUT2D eigenvalue weighted by Gasteiger charge is 2.18. The van der Waals surface area contributed by atoms with Crippen LogP contribution in [0.3, 0.4) is 0 Å². The van der Waals surface area contributed by atoms with E-state index in [9.17, 15) is 19.7 Å². The van der Waals surface area contributed by atoms with Crippen molar-refractivity contribution < 1.29 is 24.0 Å². The molecule has 1 N–H and O–H groups in total. The standard InChI is InChI=1S/C18H18N2O6/c1-25-16-6-4-3-5-12(16)7-8-19-17(21)13-9-14(18(22)26-2)11-15(10-13)20(23)24/h3-6,9-11H,7-8H2,1-2H3,(H,19,21). The van der Waals surface area contributed by atoms with Crippen molar-refractivity contribution in [2.75, 3.05) is 20.8 Å². The minimum atomic E-state index is -0.753.